The van der Waals surface area contributed by atoms with Gasteiger partial charge < -0.3 is 4.74 Å². The summed E-state index contributed by atoms with van der Waals surface area (Å²) in [6.07, 6.45) is 0. The van der Waals surface area contributed by atoms with Gasteiger partial charge in [-0.05, 0) is 35.9 Å². The van der Waals surface area contributed by atoms with Gasteiger partial charge in [0.15, 0.2) is 0 Å². The number of aromatic nitrogens is 3. The summed E-state index contributed by atoms with van der Waals surface area (Å²) in [7, 11) is 0. The number of rotatable bonds is 5. The Labute approximate surface area is 169 Å². The van der Waals surface area contributed by atoms with E-state index in [1.54, 1.807) is 48.5 Å². The Morgan fingerprint density at radius 3 is 2.55 bits per heavy atom. The molecule has 4 rings (SSSR count). The number of nitrogens with zero attached hydrogens (tertiary/aromatic N) is 4. The molecule has 0 spiro atoms. The fraction of sp³-hybridized carbons (Fsp3) is 0.0500. The average molecular weight is 409 g/mol. The van der Waals surface area contributed by atoms with Gasteiger partial charge in [-0.15, -0.1) is 5.10 Å². The van der Waals surface area contributed by atoms with Gasteiger partial charge >= 0.3 is 0 Å². The summed E-state index contributed by atoms with van der Waals surface area (Å²) in [6, 6.07) is 18.0. The van der Waals surface area contributed by atoms with Crippen molar-refractivity contribution in [2.24, 2.45) is 0 Å². The number of hydrogen-bond donors (Lipinski definition) is 0. The van der Waals surface area contributed by atoms with Gasteiger partial charge in [0.2, 0.25) is 0 Å². The number of nitro groups is 1. The summed E-state index contributed by atoms with van der Waals surface area (Å²) in [4.78, 5) is 22.8. The second-order valence-corrected chi connectivity index (χ2v) is 6.59. The highest BCUT2D eigenvalue weighted by Crippen LogP contribution is 2.32. The zero-order valence-electron chi connectivity index (χ0n) is 14.9. The van der Waals surface area contributed by atoms with Gasteiger partial charge in [-0.1, -0.05) is 41.1 Å². The minimum Gasteiger partial charge on any atom is -0.456 e. The predicted octanol–water partition coefficient (Wildman–Crippen LogP) is 4.19. The van der Waals surface area contributed by atoms with E-state index < -0.39 is 4.92 Å². The van der Waals surface area contributed by atoms with Crippen LogP contribution in [0, 0.1) is 10.1 Å². The molecular formula is C20H13ClN4O4. The van der Waals surface area contributed by atoms with Crippen molar-refractivity contribution in [3.63, 3.8) is 0 Å². The number of nitro benzene ring substituents is 1. The van der Waals surface area contributed by atoms with Crippen molar-refractivity contribution in [1.29, 1.82) is 0 Å². The largest absolute Gasteiger partial charge is 0.456 e. The summed E-state index contributed by atoms with van der Waals surface area (Å²) in [5.74, 6) is 0.808. The molecule has 1 heterocycles. The van der Waals surface area contributed by atoms with Crippen LogP contribution in [0.15, 0.2) is 71.5 Å². The van der Waals surface area contributed by atoms with Crippen LogP contribution in [0.25, 0.3) is 10.9 Å². The highest BCUT2D eigenvalue weighted by Gasteiger charge is 2.11. The van der Waals surface area contributed by atoms with Gasteiger partial charge in [-0.3, -0.25) is 14.9 Å². The van der Waals surface area contributed by atoms with E-state index in [-0.39, 0.29) is 22.8 Å². The molecule has 0 aliphatic rings. The van der Waals surface area contributed by atoms with Crippen LogP contribution in [0.4, 0.5) is 5.69 Å². The zero-order valence-corrected chi connectivity index (χ0v) is 15.6. The van der Waals surface area contributed by atoms with Crippen LogP contribution < -0.4 is 10.3 Å². The van der Waals surface area contributed by atoms with Crippen molar-refractivity contribution in [3.05, 3.63) is 97.8 Å². The molecule has 0 bridgehead atoms. The van der Waals surface area contributed by atoms with Crippen molar-refractivity contribution < 1.29 is 9.66 Å². The first kappa shape index (κ1) is 18.6. The van der Waals surface area contributed by atoms with Crippen molar-refractivity contribution in [2.75, 3.05) is 0 Å². The molecular weight excluding hydrogens is 396 g/mol. The van der Waals surface area contributed by atoms with E-state index in [0.29, 0.717) is 22.4 Å². The van der Waals surface area contributed by atoms with Crippen LogP contribution >= 0.6 is 11.6 Å². The molecule has 3 aromatic carbocycles. The van der Waals surface area contributed by atoms with Crippen molar-refractivity contribution in [1.82, 2.24) is 15.0 Å². The normalized spacial score (nSPS) is 10.8. The van der Waals surface area contributed by atoms with Crippen LogP contribution in [0.2, 0.25) is 5.02 Å². The van der Waals surface area contributed by atoms with Crippen molar-refractivity contribution in [2.45, 2.75) is 6.54 Å². The maximum atomic E-state index is 12.5. The zero-order chi connectivity index (χ0) is 20.4. The number of ether oxygens (including phenoxy) is 1. The Morgan fingerprint density at radius 2 is 1.83 bits per heavy atom. The topological polar surface area (TPSA) is 100 Å². The van der Waals surface area contributed by atoms with Gasteiger partial charge in [0, 0.05) is 12.1 Å². The van der Waals surface area contributed by atoms with E-state index >= 15 is 0 Å². The highest BCUT2D eigenvalue weighted by molar-refractivity contribution is 6.32. The number of non-ortho nitro benzene ring substituents is 1. The van der Waals surface area contributed by atoms with Crippen molar-refractivity contribution in [3.8, 4) is 11.5 Å². The van der Waals surface area contributed by atoms with E-state index in [0.717, 1.165) is 5.56 Å². The third kappa shape index (κ3) is 3.92. The smallest absolute Gasteiger partial charge is 0.277 e. The van der Waals surface area contributed by atoms with E-state index in [1.807, 2.05) is 0 Å². The molecule has 29 heavy (non-hydrogen) atoms. The Bertz CT molecular complexity index is 1270. The lowest BCUT2D eigenvalue weighted by Crippen LogP contribution is -2.24. The van der Waals surface area contributed by atoms with Crippen LogP contribution in [-0.2, 0) is 6.54 Å². The standard InChI is InChI=1S/C20H13ClN4O4/c21-17-11-14(25(27)28)7-10-19(17)29-15-8-5-13(6-9-15)12-24-20(26)16-3-1-2-4-18(16)22-23-24/h1-11H,12H2. The molecule has 0 N–H and O–H groups in total. The first-order valence-corrected chi connectivity index (χ1v) is 8.92. The first-order valence-electron chi connectivity index (χ1n) is 8.54. The van der Waals surface area contributed by atoms with E-state index in [9.17, 15) is 14.9 Å². The Balaban J connectivity index is 1.52. The molecule has 4 aromatic rings. The van der Waals surface area contributed by atoms with Crippen LogP contribution in [0.3, 0.4) is 0 Å². The number of halogens is 1. The molecule has 0 saturated heterocycles. The summed E-state index contributed by atoms with van der Waals surface area (Å²) in [5.41, 5.74) is 1.06. The second-order valence-electron chi connectivity index (χ2n) is 6.19. The maximum absolute atomic E-state index is 12.5. The van der Waals surface area contributed by atoms with E-state index in [2.05, 4.69) is 10.3 Å². The van der Waals surface area contributed by atoms with Gasteiger partial charge in [-0.2, -0.15) is 0 Å². The van der Waals surface area contributed by atoms with Crippen molar-refractivity contribution >= 4 is 28.2 Å². The lowest BCUT2D eigenvalue weighted by atomic mass is 10.2. The number of hydrogen-bond acceptors (Lipinski definition) is 6. The quantitative estimate of drug-likeness (QED) is 0.362. The summed E-state index contributed by atoms with van der Waals surface area (Å²) < 4.78 is 6.98. The molecule has 8 nitrogen and oxygen atoms in total. The molecule has 0 amide bonds. The molecule has 9 heteroatoms. The third-order valence-electron chi connectivity index (χ3n) is 4.24. The Morgan fingerprint density at radius 1 is 1.07 bits per heavy atom. The second kappa shape index (κ2) is 7.69. The minimum atomic E-state index is -0.526. The Hall–Kier alpha value is -3.78. The van der Waals surface area contributed by atoms with E-state index in [1.165, 1.54) is 22.9 Å². The molecule has 0 atom stereocenters. The maximum Gasteiger partial charge on any atom is 0.277 e. The minimum absolute atomic E-state index is 0.111. The molecule has 0 aliphatic heterocycles. The SMILES string of the molecule is O=c1c2ccccc2nnn1Cc1ccc(Oc2ccc([N+](=O)[O-])cc2Cl)cc1. The molecule has 0 fully saturated rings. The molecule has 0 aliphatic carbocycles. The monoisotopic (exact) mass is 408 g/mol. The lowest BCUT2D eigenvalue weighted by molar-refractivity contribution is -0.384. The van der Waals surface area contributed by atoms with Crippen LogP contribution in [-0.4, -0.2) is 19.9 Å². The van der Waals surface area contributed by atoms with Gasteiger partial charge in [0.05, 0.1) is 21.9 Å². The van der Waals surface area contributed by atoms with Gasteiger partial charge in [-0.25, -0.2) is 4.68 Å². The fourth-order valence-electron chi connectivity index (χ4n) is 2.78. The van der Waals surface area contributed by atoms with Crippen LogP contribution in [0.1, 0.15) is 5.56 Å². The first-order chi connectivity index (χ1) is 14.0. The molecule has 1 aromatic heterocycles. The summed E-state index contributed by atoms with van der Waals surface area (Å²) >= 11 is 6.04. The average Bonchev–Trinajstić information content (AvgIpc) is 2.73. The third-order valence-corrected chi connectivity index (χ3v) is 4.53. The molecule has 0 saturated carbocycles. The molecule has 0 unspecified atom stereocenters. The molecule has 144 valence electrons. The van der Waals surface area contributed by atoms with Crippen LogP contribution in [0.5, 0.6) is 11.5 Å². The highest BCUT2D eigenvalue weighted by atomic mass is 35.5. The fourth-order valence-corrected chi connectivity index (χ4v) is 2.99. The van der Waals surface area contributed by atoms with Gasteiger partial charge in [0.1, 0.15) is 17.0 Å². The Kier molecular flexibility index (Phi) is 4.92. The number of benzene rings is 3. The summed E-state index contributed by atoms with van der Waals surface area (Å²) in [6.45, 7) is 0.259. The summed E-state index contributed by atoms with van der Waals surface area (Å²) in [5, 5.41) is 19.5. The predicted molar refractivity (Wildman–Crippen MR) is 108 cm³/mol. The van der Waals surface area contributed by atoms with Gasteiger partial charge in [0.25, 0.3) is 11.2 Å². The molecule has 0 radical (unpaired) electrons. The number of fused-ring (bicyclic) bond motifs is 1. The van der Waals surface area contributed by atoms with E-state index in [4.69, 9.17) is 16.3 Å². The lowest BCUT2D eigenvalue weighted by Gasteiger charge is -2.09.